The van der Waals surface area contributed by atoms with Crippen LogP contribution < -0.4 is 10.1 Å². The molecular formula is C15H13F4NO. The van der Waals surface area contributed by atoms with Crippen molar-refractivity contribution in [2.45, 2.75) is 12.7 Å². The SMILES string of the molecule is CNCc1ccc(Oc2cccc(F)c2)c(C(F)(F)F)c1. The standard InChI is InChI=1S/C15H13F4NO/c1-20-9-10-5-6-14(13(7-10)15(17,18)19)21-12-4-2-3-11(16)8-12/h2-8,20H,9H2,1H3. The number of alkyl halides is 3. The second kappa shape index (κ2) is 6.13. The summed E-state index contributed by atoms with van der Waals surface area (Å²) in [6.07, 6.45) is -4.55. The normalized spacial score (nSPS) is 11.5. The van der Waals surface area contributed by atoms with Crippen molar-refractivity contribution in [3.05, 3.63) is 59.4 Å². The van der Waals surface area contributed by atoms with Crippen LogP contribution in [-0.4, -0.2) is 7.05 Å². The summed E-state index contributed by atoms with van der Waals surface area (Å²) >= 11 is 0. The Balaban J connectivity index is 2.38. The predicted octanol–water partition coefficient (Wildman–Crippen LogP) is 4.36. The monoisotopic (exact) mass is 299 g/mol. The Labute approximate surface area is 119 Å². The lowest BCUT2D eigenvalue weighted by Crippen LogP contribution is -2.10. The minimum atomic E-state index is -4.55. The lowest BCUT2D eigenvalue weighted by molar-refractivity contribution is -0.138. The zero-order chi connectivity index (χ0) is 15.5. The van der Waals surface area contributed by atoms with Crippen LogP contribution in [0.1, 0.15) is 11.1 Å². The molecule has 2 aromatic rings. The molecule has 6 heteroatoms. The van der Waals surface area contributed by atoms with Gasteiger partial charge in [-0.1, -0.05) is 12.1 Å². The predicted molar refractivity (Wildman–Crippen MR) is 70.7 cm³/mol. The third-order valence-corrected chi connectivity index (χ3v) is 2.75. The molecule has 21 heavy (non-hydrogen) atoms. The zero-order valence-electron chi connectivity index (χ0n) is 11.2. The van der Waals surface area contributed by atoms with Crippen LogP contribution in [0.5, 0.6) is 11.5 Å². The van der Waals surface area contributed by atoms with Crippen molar-refractivity contribution in [3.8, 4) is 11.5 Å². The molecule has 0 spiro atoms. The van der Waals surface area contributed by atoms with Gasteiger partial charge >= 0.3 is 6.18 Å². The van der Waals surface area contributed by atoms with Crippen LogP contribution >= 0.6 is 0 Å². The van der Waals surface area contributed by atoms with Crippen molar-refractivity contribution in [1.29, 1.82) is 0 Å². The minimum Gasteiger partial charge on any atom is -0.457 e. The Kier molecular flexibility index (Phi) is 4.47. The van der Waals surface area contributed by atoms with Crippen molar-refractivity contribution in [1.82, 2.24) is 5.32 Å². The van der Waals surface area contributed by atoms with E-state index in [1.54, 1.807) is 7.05 Å². The highest BCUT2D eigenvalue weighted by atomic mass is 19.4. The minimum absolute atomic E-state index is 0.0156. The zero-order valence-corrected chi connectivity index (χ0v) is 11.2. The van der Waals surface area contributed by atoms with E-state index in [1.807, 2.05) is 0 Å². The lowest BCUT2D eigenvalue weighted by Gasteiger charge is -2.15. The van der Waals surface area contributed by atoms with Gasteiger partial charge in [-0.25, -0.2) is 4.39 Å². The molecule has 2 rings (SSSR count). The molecule has 0 saturated carbocycles. The number of hydrogen-bond donors (Lipinski definition) is 1. The Morgan fingerprint density at radius 2 is 1.86 bits per heavy atom. The Morgan fingerprint density at radius 3 is 2.48 bits per heavy atom. The van der Waals surface area contributed by atoms with E-state index in [4.69, 9.17) is 4.74 Å². The molecule has 0 aliphatic heterocycles. The first-order chi connectivity index (χ1) is 9.90. The van der Waals surface area contributed by atoms with E-state index >= 15 is 0 Å². The molecule has 2 aromatic carbocycles. The van der Waals surface area contributed by atoms with Crippen molar-refractivity contribution >= 4 is 0 Å². The first kappa shape index (κ1) is 15.3. The van der Waals surface area contributed by atoms with E-state index in [2.05, 4.69) is 5.32 Å². The summed E-state index contributed by atoms with van der Waals surface area (Å²) in [5.41, 5.74) is -0.407. The van der Waals surface area contributed by atoms with Crippen molar-refractivity contribution in [3.63, 3.8) is 0 Å². The molecule has 0 radical (unpaired) electrons. The molecule has 0 aliphatic carbocycles. The molecule has 0 bridgehead atoms. The van der Waals surface area contributed by atoms with Crippen LogP contribution in [0.15, 0.2) is 42.5 Å². The van der Waals surface area contributed by atoms with Gasteiger partial charge in [0.05, 0.1) is 5.56 Å². The third-order valence-electron chi connectivity index (χ3n) is 2.75. The van der Waals surface area contributed by atoms with Crippen LogP contribution in [0.4, 0.5) is 17.6 Å². The average Bonchev–Trinajstić information content (AvgIpc) is 2.39. The largest absolute Gasteiger partial charge is 0.457 e. The number of rotatable bonds is 4. The second-order valence-corrected chi connectivity index (χ2v) is 4.42. The molecule has 0 unspecified atom stereocenters. The van der Waals surface area contributed by atoms with Crippen LogP contribution in [0, 0.1) is 5.82 Å². The molecule has 0 amide bonds. The van der Waals surface area contributed by atoms with Gasteiger partial charge in [0.2, 0.25) is 0 Å². The second-order valence-electron chi connectivity index (χ2n) is 4.42. The number of nitrogens with one attached hydrogen (secondary N) is 1. The van der Waals surface area contributed by atoms with Gasteiger partial charge in [-0.2, -0.15) is 13.2 Å². The maximum Gasteiger partial charge on any atom is 0.419 e. The van der Waals surface area contributed by atoms with E-state index in [9.17, 15) is 17.6 Å². The Bertz CT molecular complexity index is 625. The van der Waals surface area contributed by atoms with Crippen LogP contribution in [0.25, 0.3) is 0 Å². The summed E-state index contributed by atoms with van der Waals surface area (Å²) in [6, 6.07) is 8.76. The van der Waals surface area contributed by atoms with Gasteiger partial charge in [0.1, 0.15) is 17.3 Å². The molecule has 1 N–H and O–H groups in total. The highest BCUT2D eigenvalue weighted by molar-refractivity contribution is 5.42. The topological polar surface area (TPSA) is 21.3 Å². The van der Waals surface area contributed by atoms with Crippen LogP contribution in [0.3, 0.4) is 0 Å². The van der Waals surface area contributed by atoms with Gasteiger partial charge in [0.15, 0.2) is 0 Å². The highest BCUT2D eigenvalue weighted by Gasteiger charge is 2.34. The van der Waals surface area contributed by atoms with Gasteiger partial charge in [0.25, 0.3) is 0 Å². The molecule has 0 heterocycles. The van der Waals surface area contributed by atoms with Crippen LogP contribution in [-0.2, 0) is 12.7 Å². The molecule has 0 atom stereocenters. The van der Waals surface area contributed by atoms with E-state index in [1.165, 1.54) is 30.3 Å². The average molecular weight is 299 g/mol. The molecule has 0 saturated heterocycles. The van der Waals surface area contributed by atoms with Crippen molar-refractivity contribution < 1.29 is 22.3 Å². The molecule has 0 aliphatic rings. The molecular weight excluding hydrogens is 286 g/mol. The van der Waals surface area contributed by atoms with Gasteiger partial charge in [0, 0.05) is 12.6 Å². The number of benzene rings is 2. The molecule has 0 fully saturated rings. The van der Waals surface area contributed by atoms with Crippen molar-refractivity contribution in [2.24, 2.45) is 0 Å². The van der Waals surface area contributed by atoms with Gasteiger partial charge in [-0.3, -0.25) is 0 Å². The van der Waals surface area contributed by atoms with E-state index in [-0.39, 0.29) is 11.5 Å². The first-order valence-electron chi connectivity index (χ1n) is 6.18. The summed E-state index contributed by atoms with van der Waals surface area (Å²) in [6.45, 7) is 0.309. The summed E-state index contributed by atoms with van der Waals surface area (Å²) in [7, 11) is 1.64. The Morgan fingerprint density at radius 1 is 1.10 bits per heavy atom. The maximum absolute atomic E-state index is 13.1. The molecule has 2 nitrogen and oxygen atoms in total. The van der Waals surface area contributed by atoms with E-state index in [0.29, 0.717) is 12.1 Å². The lowest BCUT2D eigenvalue weighted by atomic mass is 10.1. The van der Waals surface area contributed by atoms with E-state index in [0.717, 1.165) is 12.1 Å². The van der Waals surface area contributed by atoms with Crippen molar-refractivity contribution in [2.75, 3.05) is 7.05 Å². The fourth-order valence-electron chi connectivity index (χ4n) is 1.86. The molecule has 112 valence electrons. The molecule has 0 aromatic heterocycles. The fraction of sp³-hybridized carbons (Fsp3) is 0.200. The van der Waals surface area contributed by atoms with Crippen LogP contribution in [0.2, 0.25) is 0 Å². The first-order valence-corrected chi connectivity index (χ1v) is 6.18. The fourth-order valence-corrected chi connectivity index (χ4v) is 1.86. The smallest absolute Gasteiger partial charge is 0.419 e. The third kappa shape index (κ3) is 3.95. The highest BCUT2D eigenvalue weighted by Crippen LogP contribution is 2.38. The summed E-state index contributed by atoms with van der Waals surface area (Å²) in [4.78, 5) is 0. The quantitative estimate of drug-likeness (QED) is 0.847. The summed E-state index contributed by atoms with van der Waals surface area (Å²) in [5, 5.41) is 2.78. The van der Waals surface area contributed by atoms with Gasteiger partial charge in [-0.05, 0) is 36.9 Å². The maximum atomic E-state index is 13.1. The van der Waals surface area contributed by atoms with E-state index < -0.39 is 17.6 Å². The number of ether oxygens (including phenoxy) is 1. The number of halogens is 4. The number of hydrogen-bond acceptors (Lipinski definition) is 2. The van der Waals surface area contributed by atoms with Gasteiger partial charge in [-0.15, -0.1) is 0 Å². The summed E-state index contributed by atoms with van der Waals surface area (Å²) in [5.74, 6) is -0.914. The Hall–Kier alpha value is -2.08. The summed E-state index contributed by atoms with van der Waals surface area (Å²) < 4.78 is 57.5. The van der Waals surface area contributed by atoms with Gasteiger partial charge < -0.3 is 10.1 Å².